The van der Waals surface area contributed by atoms with Crippen LogP contribution in [0.4, 0.5) is 4.79 Å². The molecule has 0 saturated carbocycles. The summed E-state index contributed by atoms with van der Waals surface area (Å²) < 4.78 is 5.40. The SMILES string of the molecule is CN(C)C(=O)CCCN1CCCN(C(=O)Oc2ccccc2)CC1. The average molecular weight is 333 g/mol. The first kappa shape index (κ1) is 18.3. The molecule has 2 rings (SSSR count). The number of ether oxygens (including phenoxy) is 1. The molecule has 0 N–H and O–H groups in total. The van der Waals surface area contributed by atoms with E-state index in [0.29, 0.717) is 25.3 Å². The first-order valence-corrected chi connectivity index (χ1v) is 8.50. The Morgan fingerprint density at radius 3 is 2.54 bits per heavy atom. The number of carbonyl (C=O) groups excluding carboxylic acids is 2. The third kappa shape index (κ3) is 5.85. The van der Waals surface area contributed by atoms with E-state index in [1.165, 1.54) is 0 Å². The van der Waals surface area contributed by atoms with E-state index in [1.54, 1.807) is 36.0 Å². The second-order valence-electron chi connectivity index (χ2n) is 6.25. The molecule has 6 nitrogen and oxygen atoms in total. The van der Waals surface area contributed by atoms with E-state index in [2.05, 4.69) is 4.90 Å². The van der Waals surface area contributed by atoms with Crippen LogP contribution in [0.3, 0.4) is 0 Å². The van der Waals surface area contributed by atoms with Crippen molar-refractivity contribution in [2.75, 3.05) is 46.8 Å². The van der Waals surface area contributed by atoms with Crippen LogP contribution in [-0.4, -0.2) is 73.5 Å². The van der Waals surface area contributed by atoms with Gasteiger partial charge in [0.15, 0.2) is 0 Å². The van der Waals surface area contributed by atoms with Crippen molar-refractivity contribution in [3.63, 3.8) is 0 Å². The van der Waals surface area contributed by atoms with Gasteiger partial charge in [-0.15, -0.1) is 0 Å². The fourth-order valence-electron chi connectivity index (χ4n) is 2.71. The highest BCUT2D eigenvalue weighted by Crippen LogP contribution is 2.12. The van der Waals surface area contributed by atoms with Gasteiger partial charge in [0.1, 0.15) is 5.75 Å². The van der Waals surface area contributed by atoms with Crippen LogP contribution in [-0.2, 0) is 4.79 Å². The van der Waals surface area contributed by atoms with Crippen molar-refractivity contribution in [2.45, 2.75) is 19.3 Å². The molecule has 1 aliphatic rings. The summed E-state index contributed by atoms with van der Waals surface area (Å²) in [5.41, 5.74) is 0. The lowest BCUT2D eigenvalue weighted by Gasteiger charge is -2.21. The molecule has 1 aromatic carbocycles. The zero-order valence-corrected chi connectivity index (χ0v) is 14.6. The van der Waals surface area contributed by atoms with Gasteiger partial charge in [0.2, 0.25) is 5.91 Å². The summed E-state index contributed by atoms with van der Waals surface area (Å²) in [5.74, 6) is 0.740. The van der Waals surface area contributed by atoms with Gasteiger partial charge in [0, 0.05) is 40.2 Å². The van der Waals surface area contributed by atoms with Crippen molar-refractivity contribution in [1.29, 1.82) is 0 Å². The number of hydrogen-bond donors (Lipinski definition) is 0. The number of carbonyl (C=O) groups is 2. The average Bonchev–Trinajstić information content (AvgIpc) is 2.81. The predicted octanol–water partition coefficient (Wildman–Crippen LogP) is 2.06. The molecule has 6 heteroatoms. The molecule has 1 heterocycles. The Morgan fingerprint density at radius 1 is 1.08 bits per heavy atom. The standard InChI is InChI=1S/C18H27N3O3/c1-19(2)17(22)10-6-11-20-12-7-13-21(15-14-20)18(23)24-16-8-4-3-5-9-16/h3-5,8-9H,6-7,10-15H2,1-2H3. The first-order chi connectivity index (χ1) is 11.6. The van der Waals surface area contributed by atoms with Crippen LogP contribution >= 0.6 is 0 Å². The van der Waals surface area contributed by atoms with Crippen molar-refractivity contribution >= 4 is 12.0 Å². The van der Waals surface area contributed by atoms with Gasteiger partial charge in [-0.05, 0) is 38.1 Å². The van der Waals surface area contributed by atoms with E-state index in [1.807, 2.05) is 18.2 Å². The second kappa shape index (κ2) is 9.27. The van der Waals surface area contributed by atoms with E-state index >= 15 is 0 Å². The molecule has 1 fully saturated rings. The highest BCUT2D eigenvalue weighted by atomic mass is 16.6. The largest absolute Gasteiger partial charge is 0.415 e. The summed E-state index contributed by atoms with van der Waals surface area (Å²) in [6.45, 7) is 4.03. The molecule has 1 aliphatic heterocycles. The van der Waals surface area contributed by atoms with E-state index < -0.39 is 0 Å². The van der Waals surface area contributed by atoms with Gasteiger partial charge in [0.25, 0.3) is 0 Å². The van der Waals surface area contributed by atoms with Gasteiger partial charge < -0.3 is 19.4 Å². The maximum Gasteiger partial charge on any atom is 0.415 e. The van der Waals surface area contributed by atoms with Crippen molar-refractivity contribution in [3.05, 3.63) is 30.3 Å². The van der Waals surface area contributed by atoms with E-state index in [9.17, 15) is 9.59 Å². The Bertz CT molecular complexity index is 534. The maximum absolute atomic E-state index is 12.2. The molecule has 0 aliphatic carbocycles. The number of hydrogen-bond acceptors (Lipinski definition) is 4. The fraction of sp³-hybridized carbons (Fsp3) is 0.556. The van der Waals surface area contributed by atoms with Crippen LogP contribution in [0.2, 0.25) is 0 Å². The van der Waals surface area contributed by atoms with Gasteiger partial charge in [-0.2, -0.15) is 0 Å². The van der Waals surface area contributed by atoms with Crippen LogP contribution < -0.4 is 4.74 Å². The number of benzene rings is 1. The summed E-state index contributed by atoms with van der Waals surface area (Å²) >= 11 is 0. The van der Waals surface area contributed by atoms with Crippen molar-refractivity contribution in [1.82, 2.24) is 14.7 Å². The smallest absolute Gasteiger partial charge is 0.410 e. The highest BCUT2D eigenvalue weighted by molar-refractivity contribution is 5.75. The normalized spacial score (nSPS) is 15.7. The number of rotatable bonds is 5. The van der Waals surface area contributed by atoms with Crippen molar-refractivity contribution in [3.8, 4) is 5.75 Å². The van der Waals surface area contributed by atoms with Crippen LogP contribution in [0.5, 0.6) is 5.75 Å². The Kier molecular flexibility index (Phi) is 7.06. The van der Waals surface area contributed by atoms with Gasteiger partial charge in [-0.25, -0.2) is 4.79 Å². The van der Waals surface area contributed by atoms with Crippen molar-refractivity contribution in [2.24, 2.45) is 0 Å². The maximum atomic E-state index is 12.2. The van der Waals surface area contributed by atoms with Crippen LogP contribution in [0, 0.1) is 0 Å². The van der Waals surface area contributed by atoms with Crippen molar-refractivity contribution < 1.29 is 14.3 Å². The summed E-state index contributed by atoms with van der Waals surface area (Å²) in [7, 11) is 3.56. The first-order valence-electron chi connectivity index (χ1n) is 8.50. The Morgan fingerprint density at radius 2 is 1.83 bits per heavy atom. The molecule has 0 atom stereocenters. The van der Waals surface area contributed by atoms with Gasteiger partial charge in [-0.1, -0.05) is 18.2 Å². The van der Waals surface area contributed by atoms with E-state index in [0.717, 1.165) is 32.5 Å². The summed E-state index contributed by atoms with van der Waals surface area (Å²) in [4.78, 5) is 29.6. The lowest BCUT2D eigenvalue weighted by atomic mass is 10.2. The Balaban J connectivity index is 1.74. The molecule has 1 saturated heterocycles. The molecule has 2 amide bonds. The molecular formula is C18H27N3O3. The minimum atomic E-state index is -0.286. The molecule has 0 radical (unpaired) electrons. The van der Waals surface area contributed by atoms with Crippen LogP contribution in [0.25, 0.3) is 0 Å². The highest BCUT2D eigenvalue weighted by Gasteiger charge is 2.20. The Hall–Kier alpha value is -2.08. The monoisotopic (exact) mass is 333 g/mol. The van der Waals surface area contributed by atoms with Gasteiger partial charge in [0.05, 0.1) is 0 Å². The molecule has 24 heavy (non-hydrogen) atoms. The van der Waals surface area contributed by atoms with Gasteiger partial charge in [-0.3, -0.25) is 4.79 Å². The minimum absolute atomic E-state index is 0.165. The zero-order chi connectivity index (χ0) is 17.4. The number of nitrogens with zero attached hydrogens (tertiary/aromatic N) is 3. The lowest BCUT2D eigenvalue weighted by Crippen LogP contribution is -2.37. The molecule has 0 spiro atoms. The number of para-hydroxylation sites is 1. The second-order valence-corrected chi connectivity index (χ2v) is 6.25. The quantitative estimate of drug-likeness (QED) is 0.828. The predicted molar refractivity (Wildman–Crippen MR) is 93.0 cm³/mol. The zero-order valence-electron chi connectivity index (χ0n) is 14.6. The molecule has 0 bridgehead atoms. The van der Waals surface area contributed by atoms with E-state index in [-0.39, 0.29) is 12.0 Å². The van der Waals surface area contributed by atoms with Crippen LogP contribution in [0.1, 0.15) is 19.3 Å². The van der Waals surface area contributed by atoms with E-state index in [4.69, 9.17) is 4.74 Å². The third-order valence-corrected chi connectivity index (χ3v) is 4.16. The molecule has 0 unspecified atom stereocenters. The minimum Gasteiger partial charge on any atom is -0.410 e. The van der Waals surface area contributed by atoms with Gasteiger partial charge >= 0.3 is 6.09 Å². The number of amides is 2. The lowest BCUT2D eigenvalue weighted by molar-refractivity contribution is -0.128. The third-order valence-electron chi connectivity index (χ3n) is 4.16. The summed E-state index contributed by atoms with van der Waals surface area (Å²) in [6, 6.07) is 9.15. The summed E-state index contributed by atoms with van der Waals surface area (Å²) in [5, 5.41) is 0. The topological polar surface area (TPSA) is 53.1 Å². The van der Waals surface area contributed by atoms with Crippen LogP contribution in [0.15, 0.2) is 30.3 Å². The Labute approximate surface area is 144 Å². The molecule has 0 aromatic heterocycles. The fourth-order valence-corrected chi connectivity index (χ4v) is 2.71. The molecular weight excluding hydrogens is 306 g/mol. The summed E-state index contributed by atoms with van der Waals surface area (Å²) in [6.07, 6.45) is 2.06. The molecule has 1 aromatic rings. The molecule has 132 valence electrons.